The van der Waals surface area contributed by atoms with Gasteiger partial charge < -0.3 is 10.0 Å². The van der Waals surface area contributed by atoms with Crippen molar-refractivity contribution in [3.05, 3.63) is 32.8 Å². The highest BCUT2D eigenvalue weighted by Crippen LogP contribution is 2.36. The number of hydrogen-bond donors (Lipinski definition) is 1. The molecule has 6 nitrogen and oxygen atoms in total. The minimum atomic E-state index is -0.805. The lowest BCUT2D eigenvalue weighted by Gasteiger charge is -2.39. The molecule has 2 rings (SSSR count). The van der Waals surface area contributed by atoms with E-state index in [4.69, 9.17) is 0 Å². The molecule has 1 aromatic rings. The van der Waals surface area contributed by atoms with E-state index in [0.717, 1.165) is 18.7 Å². The summed E-state index contributed by atoms with van der Waals surface area (Å²) in [4.78, 5) is 23.6. The van der Waals surface area contributed by atoms with Gasteiger partial charge in [-0.1, -0.05) is 0 Å². The molecule has 0 saturated carbocycles. The Hall–Kier alpha value is -1.63. The zero-order valence-electron chi connectivity index (χ0n) is 11.0. The Balaban J connectivity index is 2.28. The third-order valence-electron chi connectivity index (χ3n) is 3.70. The van der Waals surface area contributed by atoms with Crippen LogP contribution < -0.4 is 4.90 Å². The smallest absolute Gasteiger partial charge is 0.311 e. The number of nitrogens with zero attached hydrogens (tertiary/aromatic N) is 2. The van der Waals surface area contributed by atoms with E-state index in [0.29, 0.717) is 17.4 Å². The summed E-state index contributed by atoms with van der Waals surface area (Å²) in [5, 5.41) is 20.0. The Labute approximate surface area is 124 Å². The number of hydrogen-bond acceptors (Lipinski definition) is 4. The number of carbonyl (C=O) groups is 1. The molecule has 1 fully saturated rings. The summed E-state index contributed by atoms with van der Waals surface area (Å²) in [7, 11) is 0. The van der Waals surface area contributed by atoms with Crippen molar-refractivity contribution in [3.8, 4) is 0 Å². The molecular weight excluding hydrogens is 328 g/mol. The first-order valence-electron chi connectivity index (χ1n) is 6.26. The van der Waals surface area contributed by atoms with Crippen molar-refractivity contribution < 1.29 is 14.8 Å². The third-order valence-corrected chi connectivity index (χ3v) is 4.33. The van der Waals surface area contributed by atoms with Crippen LogP contribution in [0.25, 0.3) is 0 Å². The van der Waals surface area contributed by atoms with Crippen LogP contribution in [0.1, 0.15) is 19.8 Å². The second kappa shape index (κ2) is 5.40. The Kier molecular flexibility index (Phi) is 3.99. The monoisotopic (exact) mass is 342 g/mol. The van der Waals surface area contributed by atoms with Crippen molar-refractivity contribution in [1.29, 1.82) is 0 Å². The standard InChI is InChI=1S/C13H15BrN2O4/c1-13(12(17)18)5-2-6-15(8-13)11-4-3-9(16(19)20)7-10(11)14/h3-4,7H,2,5-6,8H2,1H3,(H,17,18). The average molecular weight is 343 g/mol. The summed E-state index contributed by atoms with van der Waals surface area (Å²) >= 11 is 3.33. The van der Waals surface area contributed by atoms with Gasteiger partial charge in [-0.2, -0.15) is 0 Å². The number of carboxylic acids is 1. The largest absolute Gasteiger partial charge is 0.481 e. The number of nitro benzene ring substituents is 1. The van der Waals surface area contributed by atoms with Gasteiger partial charge in [-0.05, 0) is 41.8 Å². The highest BCUT2D eigenvalue weighted by Gasteiger charge is 2.38. The molecule has 0 radical (unpaired) electrons. The van der Waals surface area contributed by atoms with Crippen molar-refractivity contribution in [2.75, 3.05) is 18.0 Å². The number of anilines is 1. The minimum absolute atomic E-state index is 0.0126. The fourth-order valence-corrected chi connectivity index (χ4v) is 3.10. The van der Waals surface area contributed by atoms with Crippen molar-refractivity contribution in [2.45, 2.75) is 19.8 Å². The molecule has 1 saturated heterocycles. The number of benzene rings is 1. The van der Waals surface area contributed by atoms with E-state index in [-0.39, 0.29) is 5.69 Å². The van der Waals surface area contributed by atoms with Gasteiger partial charge in [0.2, 0.25) is 0 Å². The molecule has 0 bridgehead atoms. The van der Waals surface area contributed by atoms with Gasteiger partial charge in [0.25, 0.3) is 5.69 Å². The molecule has 0 spiro atoms. The van der Waals surface area contributed by atoms with E-state index in [1.165, 1.54) is 12.1 Å². The number of piperidine rings is 1. The average Bonchev–Trinajstić information content (AvgIpc) is 2.38. The number of carboxylic acid groups (broad SMARTS) is 1. The molecule has 1 unspecified atom stereocenters. The first kappa shape index (κ1) is 14.8. The first-order chi connectivity index (χ1) is 9.33. The maximum absolute atomic E-state index is 11.4. The number of nitro groups is 1. The van der Waals surface area contributed by atoms with E-state index in [9.17, 15) is 20.0 Å². The van der Waals surface area contributed by atoms with Gasteiger partial charge in [0.05, 0.1) is 16.0 Å². The molecule has 0 aromatic heterocycles. The zero-order valence-corrected chi connectivity index (χ0v) is 12.6. The molecule has 1 atom stereocenters. The fourth-order valence-electron chi connectivity index (χ4n) is 2.49. The van der Waals surface area contributed by atoms with Crippen LogP contribution in [-0.4, -0.2) is 29.1 Å². The SMILES string of the molecule is CC1(C(=O)O)CCCN(c2ccc([N+](=O)[O-])cc2Br)C1. The first-order valence-corrected chi connectivity index (χ1v) is 7.05. The van der Waals surface area contributed by atoms with Crippen LogP contribution in [0.5, 0.6) is 0 Å². The fraction of sp³-hybridized carbons (Fsp3) is 0.462. The lowest BCUT2D eigenvalue weighted by atomic mass is 9.82. The Morgan fingerprint density at radius 1 is 1.55 bits per heavy atom. The summed E-state index contributed by atoms with van der Waals surface area (Å²) < 4.78 is 0.612. The molecule has 1 aromatic carbocycles. The van der Waals surface area contributed by atoms with Crippen LogP contribution in [0.3, 0.4) is 0 Å². The van der Waals surface area contributed by atoms with E-state index in [2.05, 4.69) is 15.9 Å². The van der Waals surface area contributed by atoms with Crippen LogP contribution in [0, 0.1) is 15.5 Å². The highest BCUT2D eigenvalue weighted by atomic mass is 79.9. The van der Waals surface area contributed by atoms with Gasteiger partial charge in [0.15, 0.2) is 0 Å². The van der Waals surface area contributed by atoms with Gasteiger partial charge in [0, 0.05) is 29.7 Å². The minimum Gasteiger partial charge on any atom is -0.481 e. The van der Waals surface area contributed by atoms with Crippen molar-refractivity contribution in [1.82, 2.24) is 0 Å². The summed E-state index contributed by atoms with van der Waals surface area (Å²) in [6.45, 7) is 2.89. The second-order valence-corrected chi connectivity index (χ2v) is 6.14. The molecule has 108 valence electrons. The molecule has 0 aliphatic carbocycles. The quantitative estimate of drug-likeness (QED) is 0.674. The normalized spacial score (nSPS) is 22.6. The second-order valence-electron chi connectivity index (χ2n) is 5.28. The number of rotatable bonds is 3. The molecular formula is C13H15BrN2O4. The van der Waals surface area contributed by atoms with Crippen LogP contribution in [0.15, 0.2) is 22.7 Å². The summed E-state index contributed by atoms with van der Waals surface area (Å²) in [5.74, 6) is -0.805. The molecule has 1 heterocycles. The van der Waals surface area contributed by atoms with Gasteiger partial charge in [-0.3, -0.25) is 14.9 Å². The zero-order chi connectivity index (χ0) is 14.9. The van der Waals surface area contributed by atoms with Gasteiger partial charge >= 0.3 is 5.97 Å². The van der Waals surface area contributed by atoms with E-state index in [1.54, 1.807) is 13.0 Å². The number of halogens is 1. The summed E-state index contributed by atoms with van der Waals surface area (Å²) in [6, 6.07) is 4.55. The van der Waals surface area contributed by atoms with Crippen LogP contribution in [0.4, 0.5) is 11.4 Å². The van der Waals surface area contributed by atoms with Crippen LogP contribution in [-0.2, 0) is 4.79 Å². The molecule has 7 heteroatoms. The van der Waals surface area contributed by atoms with Gasteiger partial charge in [-0.15, -0.1) is 0 Å². The van der Waals surface area contributed by atoms with E-state index < -0.39 is 16.3 Å². The molecule has 1 aliphatic rings. The van der Waals surface area contributed by atoms with Crippen molar-refractivity contribution in [3.63, 3.8) is 0 Å². The highest BCUT2D eigenvalue weighted by molar-refractivity contribution is 9.10. The van der Waals surface area contributed by atoms with Gasteiger partial charge in [-0.25, -0.2) is 0 Å². The summed E-state index contributed by atoms with van der Waals surface area (Å²) in [5.41, 5.74) is 0.0285. The molecule has 1 N–H and O–H groups in total. The summed E-state index contributed by atoms with van der Waals surface area (Å²) in [6.07, 6.45) is 1.43. The Morgan fingerprint density at radius 3 is 2.80 bits per heavy atom. The Bertz CT molecular complexity index is 563. The predicted octanol–water partition coefficient (Wildman–Crippen LogP) is 3.05. The number of aliphatic carboxylic acids is 1. The number of non-ortho nitro benzene ring substituents is 1. The van der Waals surface area contributed by atoms with Crippen molar-refractivity contribution in [2.24, 2.45) is 5.41 Å². The van der Waals surface area contributed by atoms with E-state index >= 15 is 0 Å². The van der Waals surface area contributed by atoms with Gasteiger partial charge in [0.1, 0.15) is 0 Å². The van der Waals surface area contributed by atoms with Crippen LogP contribution in [0.2, 0.25) is 0 Å². The predicted molar refractivity (Wildman–Crippen MR) is 78.0 cm³/mol. The lowest BCUT2D eigenvalue weighted by molar-refractivity contribution is -0.384. The Morgan fingerprint density at radius 2 is 2.25 bits per heavy atom. The lowest BCUT2D eigenvalue weighted by Crippen LogP contribution is -2.46. The molecule has 1 aliphatic heterocycles. The van der Waals surface area contributed by atoms with Crippen molar-refractivity contribution >= 4 is 33.3 Å². The maximum Gasteiger partial charge on any atom is 0.311 e. The molecule has 20 heavy (non-hydrogen) atoms. The maximum atomic E-state index is 11.4. The third kappa shape index (κ3) is 2.77. The van der Waals surface area contributed by atoms with E-state index in [1.807, 2.05) is 4.90 Å². The van der Waals surface area contributed by atoms with Crippen LogP contribution >= 0.6 is 15.9 Å². The topological polar surface area (TPSA) is 83.7 Å². The molecule has 0 amide bonds.